The maximum Gasteiger partial charge on any atom is 0.119 e. The van der Waals surface area contributed by atoms with Gasteiger partial charge in [0.15, 0.2) is 0 Å². The molecular formula is C25H31N3O2. The van der Waals surface area contributed by atoms with Gasteiger partial charge in [-0.15, -0.1) is 0 Å². The summed E-state index contributed by atoms with van der Waals surface area (Å²) in [5.74, 6) is 0.774. The average molecular weight is 406 g/mol. The number of rotatable bonds is 11. The van der Waals surface area contributed by atoms with Crippen molar-refractivity contribution in [2.45, 2.75) is 25.7 Å². The third kappa shape index (κ3) is 7.59. The molecule has 0 amide bonds. The third-order valence-corrected chi connectivity index (χ3v) is 4.79. The van der Waals surface area contributed by atoms with E-state index in [-0.39, 0.29) is 6.61 Å². The molecule has 5 heteroatoms. The molecule has 2 aromatic carbocycles. The van der Waals surface area contributed by atoms with Crippen LogP contribution < -0.4 is 4.74 Å². The number of aromatic nitrogens is 1. The van der Waals surface area contributed by atoms with Crippen molar-refractivity contribution in [2.24, 2.45) is 0 Å². The molecule has 0 bridgehead atoms. The normalized spacial score (nSPS) is 12.3. The van der Waals surface area contributed by atoms with E-state index in [9.17, 15) is 5.11 Å². The average Bonchev–Trinajstić information content (AvgIpc) is 2.74. The highest BCUT2D eigenvalue weighted by molar-refractivity contribution is 5.27. The fraction of sp³-hybridized carbons (Fsp3) is 0.320. The minimum atomic E-state index is -0.539. The molecule has 0 radical (unpaired) electrons. The number of ether oxygens (including phenoxy) is 1. The number of likely N-dealkylation sites (N-methyl/N-ethyl adjacent to an activating group) is 1. The molecule has 0 unspecified atom stereocenters. The first-order valence-electron chi connectivity index (χ1n) is 10.3. The SMILES string of the molecule is CN(Cc1ccc(OC[C@H](O)CN(C)Cc2ccccc2)cc1)Cc1ccccn1. The Balaban J connectivity index is 1.39. The zero-order valence-corrected chi connectivity index (χ0v) is 17.8. The van der Waals surface area contributed by atoms with Gasteiger partial charge in [0, 0.05) is 32.4 Å². The van der Waals surface area contributed by atoms with E-state index in [2.05, 4.69) is 46.1 Å². The van der Waals surface area contributed by atoms with Crippen molar-refractivity contribution in [1.82, 2.24) is 14.8 Å². The molecule has 0 saturated carbocycles. The number of nitrogens with zero attached hydrogens (tertiary/aromatic N) is 3. The van der Waals surface area contributed by atoms with Gasteiger partial charge in [-0.3, -0.25) is 14.8 Å². The van der Waals surface area contributed by atoms with Crippen molar-refractivity contribution in [3.05, 3.63) is 95.8 Å². The topological polar surface area (TPSA) is 48.8 Å². The fourth-order valence-corrected chi connectivity index (χ4v) is 3.39. The maximum absolute atomic E-state index is 10.3. The van der Waals surface area contributed by atoms with Crippen molar-refractivity contribution >= 4 is 0 Å². The van der Waals surface area contributed by atoms with Crippen LogP contribution in [0.4, 0.5) is 0 Å². The summed E-state index contributed by atoms with van der Waals surface area (Å²) in [5.41, 5.74) is 3.51. The number of pyridine rings is 1. The number of benzene rings is 2. The molecule has 0 aliphatic heterocycles. The van der Waals surface area contributed by atoms with E-state index in [0.29, 0.717) is 6.54 Å². The van der Waals surface area contributed by atoms with Gasteiger partial charge in [0.25, 0.3) is 0 Å². The maximum atomic E-state index is 10.3. The Kier molecular flexibility index (Phi) is 8.39. The Labute approximate surface area is 179 Å². The molecular weight excluding hydrogens is 374 g/mol. The van der Waals surface area contributed by atoms with E-state index in [1.54, 1.807) is 0 Å². The lowest BCUT2D eigenvalue weighted by molar-refractivity contribution is 0.0744. The third-order valence-electron chi connectivity index (χ3n) is 4.79. The molecule has 5 nitrogen and oxygen atoms in total. The van der Waals surface area contributed by atoms with Gasteiger partial charge in [0.05, 0.1) is 5.69 Å². The van der Waals surface area contributed by atoms with E-state index in [1.165, 1.54) is 11.1 Å². The highest BCUT2D eigenvalue weighted by Gasteiger charge is 2.10. The van der Waals surface area contributed by atoms with Gasteiger partial charge in [-0.1, -0.05) is 48.5 Å². The first-order valence-corrected chi connectivity index (χ1v) is 10.3. The highest BCUT2D eigenvalue weighted by Crippen LogP contribution is 2.15. The summed E-state index contributed by atoms with van der Waals surface area (Å²) in [4.78, 5) is 8.70. The van der Waals surface area contributed by atoms with Gasteiger partial charge >= 0.3 is 0 Å². The van der Waals surface area contributed by atoms with E-state index >= 15 is 0 Å². The Bertz CT molecular complexity index is 857. The molecule has 0 saturated heterocycles. The van der Waals surface area contributed by atoms with Gasteiger partial charge in [-0.05, 0) is 49.5 Å². The van der Waals surface area contributed by atoms with Crippen LogP contribution in [-0.2, 0) is 19.6 Å². The molecule has 1 N–H and O–H groups in total. The largest absolute Gasteiger partial charge is 0.491 e. The monoisotopic (exact) mass is 405 g/mol. The predicted molar refractivity (Wildman–Crippen MR) is 120 cm³/mol. The van der Waals surface area contributed by atoms with Crippen LogP contribution in [0.15, 0.2) is 79.0 Å². The number of hydrogen-bond donors (Lipinski definition) is 1. The standard InChI is InChI=1S/C25H31N3O2/c1-27(18-23-10-6-7-15-26-23)17-22-11-13-25(14-12-22)30-20-24(29)19-28(2)16-21-8-4-3-5-9-21/h3-15,24,29H,16-20H2,1-2H3/t24-/m1/s1. The van der Waals surface area contributed by atoms with E-state index in [0.717, 1.165) is 31.1 Å². The second-order valence-electron chi connectivity index (χ2n) is 7.78. The summed E-state index contributed by atoms with van der Waals surface area (Å²) in [7, 11) is 4.09. The quantitative estimate of drug-likeness (QED) is 0.528. The lowest BCUT2D eigenvalue weighted by Crippen LogP contribution is -2.32. The molecule has 30 heavy (non-hydrogen) atoms. The summed E-state index contributed by atoms with van der Waals surface area (Å²) in [6.45, 7) is 3.29. The molecule has 1 atom stereocenters. The lowest BCUT2D eigenvalue weighted by Gasteiger charge is -2.21. The van der Waals surface area contributed by atoms with Crippen LogP contribution >= 0.6 is 0 Å². The Morgan fingerprint density at radius 2 is 1.47 bits per heavy atom. The molecule has 3 rings (SSSR count). The van der Waals surface area contributed by atoms with Crippen LogP contribution in [0.25, 0.3) is 0 Å². The molecule has 0 fully saturated rings. The van der Waals surface area contributed by atoms with Crippen LogP contribution in [0, 0.1) is 0 Å². The Morgan fingerprint density at radius 1 is 0.800 bits per heavy atom. The highest BCUT2D eigenvalue weighted by atomic mass is 16.5. The van der Waals surface area contributed by atoms with Gasteiger partial charge in [-0.25, -0.2) is 0 Å². The molecule has 0 aliphatic carbocycles. The number of aliphatic hydroxyl groups is 1. The van der Waals surface area contributed by atoms with Crippen molar-refractivity contribution in [3.63, 3.8) is 0 Å². The zero-order chi connectivity index (χ0) is 21.2. The van der Waals surface area contributed by atoms with Gasteiger partial charge < -0.3 is 9.84 Å². The summed E-state index contributed by atoms with van der Waals surface area (Å²) >= 11 is 0. The van der Waals surface area contributed by atoms with Crippen LogP contribution in [0.2, 0.25) is 0 Å². The predicted octanol–water partition coefficient (Wildman–Crippen LogP) is 3.59. The summed E-state index contributed by atoms with van der Waals surface area (Å²) in [6.07, 6.45) is 1.28. The van der Waals surface area contributed by atoms with Crippen molar-refractivity contribution in [2.75, 3.05) is 27.2 Å². The zero-order valence-electron chi connectivity index (χ0n) is 17.8. The second-order valence-corrected chi connectivity index (χ2v) is 7.78. The number of hydrogen-bond acceptors (Lipinski definition) is 5. The van der Waals surface area contributed by atoms with Crippen molar-refractivity contribution < 1.29 is 9.84 Å². The first-order chi connectivity index (χ1) is 14.6. The molecule has 3 aromatic rings. The fourth-order valence-electron chi connectivity index (χ4n) is 3.39. The lowest BCUT2D eigenvalue weighted by atomic mass is 10.2. The van der Waals surface area contributed by atoms with Crippen LogP contribution in [-0.4, -0.2) is 53.2 Å². The summed E-state index contributed by atoms with van der Waals surface area (Å²) in [6, 6.07) is 24.3. The first kappa shape index (κ1) is 22.0. The van der Waals surface area contributed by atoms with Crippen LogP contribution in [0.3, 0.4) is 0 Å². The molecule has 0 aliphatic rings. The summed E-state index contributed by atoms with van der Waals surface area (Å²) < 4.78 is 5.77. The molecule has 1 aromatic heterocycles. The van der Waals surface area contributed by atoms with Crippen molar-refractivity contribution in [1.29, 1.82) is 0 Å². The van der Waals surface area contributed by atoms with E-state index < -0.39 is 6.10 Å². The van der Waals surface area contributed by atoms with Gasteiger partial charge in [-0.2, -0.15) is 0 Å². The van der Waals surface area contributed by atoms with Crippen LogP contribution in [0.1, 0.15) is 16.8 Å². The van der Waals surface area contributed by atoms with E-state index in [4.69, 9.17) is 4.74 Å². The van der Waals surface area contributed by atoms with Gasteiger partial charge in [0.2, 0.25) is 0 Å². The van der Waals surface area contributed by atoms with E-state index in [1.807, 2.05) is 61.8 Å². The summed E-state index contributed by atoms with van der Waals surface area (Å²) in [5, 5.41) is 10.3. The second kappa shape index (κ2) is 11.5. The Morgan fingerprint density at radius 3 is 2.17 bits per heavy atom. The minimum absolute atomic E-state index is 0.276. The smallest absolute Gasteiger partial charge is 0.119 e. The molecule has 0 spiro atoms. The van der Waals surface area contributed by atoms with Gasteiger partial charge in [0.1, 0.15) is 18.5 Å². The minimum Gasteiger partial charge on any atom is -0.491 e. The Hall–Kier alpha value is -2.73. The number of aliphatic hydroxyl groups excluding tert-OH is 1. The van der Waals surface area contributed by atoms with Crippen molar-refractivity contribution in [3.8, 4) is 5.75 Å². The van der Waals surface area contributed by atoms with Crippen LogP contribution in [0.5, 0.6) is 5.75 Å². The molecule has 158 valence electrons. The molecule has 1 heterocycles.